The molecule has 6 nitrogen and oxygen atoms in total. The summed E-state index contributed by atoms with van der Waals surface area (Å²) in [6.07, 6.45) is 0.555. The van der Waals surface area contributed by atoms with Crippen LogP contribution in [0.4, 0.5) is 11.4 Å². The van der Waals surface area contributed by atoms with Crippen LogP contribution in [0.2, 0.25) is 10.0 Å². The molecule has 1 atom stereocenters. The number of fused-ring (bicyclic) bond motifs is 1. The van der Waals surface area contributed by atoms with Crippen molar-refractivity contribution in [3.63, 3.8) is 0 Å². The van der Waals surface area contributed by atoms with Gasteiger partial charge in [0, 0.05) is 26.6 Å². The van der Waals surface area contributed by atoms with Crippen LogP contribution in [-0.4, -0.2) is 28.1 Å². The predicted molar refractivity (Wildman–Crippen MR) is 150 cm³/mol. The van der Waals surface area contributed by atoms with Gasteiger partial charge in [0.25, 0.3) is 5.91 Å². The Balaban J connectivity index is 1.52. The number of carboxylic acid groups (broad SMARTS) is 1. The zero-order valence-corrected chi connectivity index (χ0v) is 22.0. The van der Waals surface area contributed by atoms with Gasteiger partial charge in [-0.1, -0.05) is 60.5 Å². The van der Waals surface area contributed by atoms with Gasteiger partial charge in [0.1, 0.15) is 0 Å². The quantitative estimate of drug-likeness (QED) is 0.195. The lowest BCUT2D eigenvalue weighted by molar-refractivity contribution is -0.115. The number of benzene rings is 4. The Labute approximate surface area is 228 Å². The molecule has 9 heteroatoms. The minimum atomic E-state index is -1.10. The van der Waals surface area contributed by atoms with Gasteiger partial charge in [-0.2, -0.15) is 0 Å². The van der Waals surface area contributed by atoms with Gasteiger partial charge >= 0.3 is 5.97 Å². The Hall–Kier alpha value is -3.52. The van der Waals surface area contributed by atoms with E-state index in [0.29, 0.717) is 38.6 Å². The van der Waals surface area contributed by atoms with E-state index in [0.717, 1.165) is 4.90 Å². The second-order valence-corrected chi connectivity index (χ2v) is 10.2. The van der Waals surface area contributed by atoms with Crippen LogP contribution >= 0.6 is 35.0 Å². The van der Waals surface area contributed by atoms with E-state index < -0.39 is 17.1 Å². The van der Waals surface area contributed by atoms with Crippen LogP contribution in [0.5, 0.6) is 0 Å². The van der Waals surface area contributed by atoms with Crippen molar-refractivity contribution in [2.24, 2.45) is 0 Å². The van der Waals surface area contributed by atoms with Gasteiger partial charge in [0.2, 0.25) is 5.91 Å². The summed E-state index contributed by atoms with van der Waals surface area (Å²) in [5.41, 5.74) is 1.28. The molecule has 0 radical (unpaired) electrons. The van der Waals surface area contributed by atoms with Crippen LogP contribution in [0, 0.1) is 0 Å². The molecule has 0 saturated heterocycles. The van der Waals surface area contributed by atoms with Crippen molar-refractivity contribution in [3.8, 4) is 0 Å². The molecule has 4 aromatic carbocycles. The standard InChI is InChI=1S/C28H22Cl2N2O4S/c1-2-24(27(34)32-23-14-17(29)12-13-22(23)30)37-19-9-5-8-18(15-19)31-26(33)20-10-3-6-16-7-4-11-21(25(16)20)28(35)36/h3-15,24H,2H2,1H3,(H,31,33)(H,32,34)(H,35,36). The highest BCUT2D eigenvalue weighted by molar-refractivity contribution is 8.00. The smallest absolute Gasteiger partial charge is 0.336 e. The maximum atomic E-state index is 13.2. The first-order chi connectivity index (χ1) is 17.8. The second kappa shape index (κ2) is 11.7. The van der Waals surface area contributed by atoms with Crippen LogP contribution in [0.15, 0.2) is 83.8 Å². The highest BCUT2D eigenvalue weighted by Crippen LogP contribution is 2.31. The fourth-order valence-corrected chi connectivity index (χ4v) is 5.20. The van der Waals surface area contributed by atoms with E-state index in [1.807, 2.05) is 13.0 Å². The van der Waals surface area contributed by atoms with Crippen molar-refractivity contribution < 1.29 is 19.5 Å². The van der Waals surface area contributed by atoms with Crippen LogP contribution < -0.4 is 10.6 Å². The highest BCUT2D eigenvalue weighted by atomic mass is 35.5. The third-order valence-corrected chi connectivity index (χ3v) is 7.52. The van der Waals surface area contributed by atoms with Gasteiger partial charge in [-0.3, -0.25) is 9.59 Å². The Morgan fingerprint density at radius 3 is 2.30 bits per heavy atom. The van der Waals surface area contributed by atoms with E-state index in [2.05, 4.69) is 10.6 Å². The summed E-state index contributed by atoms with van der Waals surface area (Å²) in [6.45, 7) is 1.91. The molecule has 0 spiro atoms. The molecule has 0 aliphatic rings. The van der Waals surface area contributed by atoms with Gasteiger partial charge in [-0.05, 0) is 60.3 Å². The first-order valence-electron chi connectivity index (χ1n) is 11.4. The van der Waals surface area contributed by atoms with E-state index in [9.17, 15) is 19.5 Å². The van der Waals surface area contributed by atoms with Crippen molar-refractivity contribution in [2.75, 3.05) is 10.6 Å². The van der Waals surface area contributed by atoms with E-state index in [1.54, 1.807) is 66.7 Å². The Morgan fingerprint density at radius 1 is 0.892 bits per heavy atom. The minimum absolute atomic E-state index is 0.0594. The molecule has 0 aromatic heterocycles. The fourth-order valence-electron chi connectivity index (χ4n) is 3.85. The molecule has 0 aliphatic heterocycles. The molecule has 0 heterocycles. The lowest BCUT2D eigenvalue weighted by Gasteiger charge is -2.16. The second-order valence-electron chi connectivity index (χ2n) is 8.12. The summed E-state index contributed by atoms with van der Waals surface area (Å²) >= 11 is 13.6. The molecule has 2 amide bonds. The minimum Gasteiger partial charge on any atom is -0.478 e. The number of rotatable bonds is 8. The molecular weight excluding hydrogens is 531 g/mol. The summed E-state index contributed by atoms with van der Waals surface area (Å²) < 4.78 is 0. The fraction of sp³-hybridized carbons (Fsp3) is 0.107. The lowest BCUT2D eigenvalue weighted by Crippen LogP contribution is -2.24. The largest absolute Gasteiger partial charge is 0.478 e. The lowest BCUT2D eigenvalue weighted by atomic mass is 9.98. The van der Waals surface area contributed by atoms with E-state index in [-0.39, 0.29) is 17.0 Å². The average molecular weight is 553 g/mol. The highest BCUT2D eigenvalue weighted by Gasteiger charge is 2.20. The number of thioether (sulfide) groups is 1. The van der Waals surface area contributed by atoms with E-state index >= 15 is 0 Å². The summed E-state index contributed by atoms with van der Waals surface area (Å²) in [7, 11) is 0. The Bertz CT molecular complexity index is 1500. The Kier molecular flexibility index (Phi) is 8.38. The van der Waals surface area contributed by atoms with Gasteiger partial charge in [0.05, 0.1) is 21.5 Å². The summed E-state index contributed by atoms with van der Waals surface area (Å²) in [4.78, 5) is 38.6. The number of amides is 2. The molecular formula is C28H22Cl2N2O4S. The first-order valence-corrected chi connectivity index (χ1v) is 13.0. The van der Waals surface area contributed by atoms with Crippen molar-refractivity contribution in [1.82, 2.24) is 0 Å². The van der Waals surface area contributed by atoms with Crippen molar-refractivity contribution >= 4 is 74.9 Å². The molecule has 1 unspecified atom stereocenters. The third-order valence-electron chi connectivity index (χ3n) is 5.60. The van der Waals surface area contributed by atoms with Crippen molar-refractivity contribution in [1.29, 1.82) is 0 Å². The number of carbonyl (C=O) groups excluding carboxylic acids is 2. The van der Waals surface area contributed by atoms with E-state index in [4.69, 9.17) is 23.2 Å². The summed E-state index contributed by atoms with van der Waals surface area (Å²) in [5.74, 6) is -1.75. The molecule has 188 valence electrons. The molecule has 0 bridgehead atoms. The number of halogens is 2. The maximum Gasteiger partial charge on any atom is 0.336 e. The molecule has 0 saturated carbocycles. The number of hydrogen-bond acceptors (Lipinski definition) is 4. The molecule has 3 N–H and O–H groups in total. The molecule has 0 fully saturated rings. The van der Waals surface area contributed by atoms with Crippen LogP contribution in [0.1, 0.15) is 34.1 Å². The van der Waals surface area contributed by atoms with E-state index in [1.165, 1.54) is 17.8 Å². The maximum absolute atomic E-state index is 13.2. The number of hydrogen-bond donors (Lipinski definition) is 3. The normalized spacial score (nSPS) is 11.6. The number of anilines is 2. The van der Waals surface area contributed by atoms with Gasteiger partial charge in [-0.15, -0.1) is 11.8 Å². The van der Waals surface area contributed by atoms with Crippen molar-refractivity contribution in [2.45, 2.75) is 23.5 Å². The zero-order chi connectivity index (χ0) is 26.5. The van der Waals surface area contributed by atoms with Crippen molar-refractivity contribution in [3.05, 3.63) is 100 Å². The molecule has 37 heavy (non-hydrogen) atoms. The summed E-state index contributed by atoms with van der Waals surface area (Å²) in [6, 6.07) is 22.0. The van der Waals surface area contributed by atoms with Gasteiger partial charge in [0.15, 0.2) is 0 Å². The van der Waals surface area contributed by atoms with Crippen LogP contribution in [0.25, 0.3) is 10.8 Å². The van der Waals surface area contributed by atoms with Gasteiger partial charge in [-0.25, -0.2) is 4.79 Å². The molecule has 4 rings (SSSR count). The van der Waals surface area contributed by atoms with Crippen LogP contribution in [0.3, 0.4) is 0 Å². The predicted octanol–water partition coefficient (Wildman–Crippen LogP) is 7.61. The summed E-state index contributed by atoms with van der Waals surface area (Å²) in [5, 5.41) is 16.8. The topological polar surface area (TPSA) is 95.5 Å². The Morgan fingerprint density at radius 2 is 1.59 bits per heavy atom. The number of nitrogens with one attached hydrogen (secondary N) is 2. The zero-order valence-electron chi connectivity index (χ0n) is 19.6. The number of carboxylic acids is 1. The third kappa shape index (κ3) is 6.25. The molecule has 4 aromatic rings. The molecule has 0 aliphatic carbocycles. The van der Waals surface area contributed by atoms with Crippen LogP contribution in [-0.2, 0) is 4.79 Å². The average Bonchev–Trinajstić information content (AvgIpc) is 2.88. The van der Waals surface area contributed by atoms with Gasteiger partial charge < -0.3 is 15.7 Å². The number of aromatic carboxylic acids is 1. The monoisotopic (exact) mass is 552 g/mol. The number of carbonyl (C=O) groups is 3. The first kappa shape index (κ1) is 26.5. The SMILES string of the molecule is CCC(Sc1cccc(NC(=O)c2cccc3cccc(C(=O)O)c23)c1)C(=O)Nc1cc(Cl)ccc1Cl.